The van der Waals surface area contributed by atoms with Gasteiger partial charge in [-0.15, -0.1) is 0 Å². The van der Waals surface area contributed by atoms with Crippen LogP contribution >= 0.6 is 11.8 Å². The molecular weight excluding hydrogens is 292 g/mol. The van der Waals surface area contributed by atoms with Gasteiger partial charge in [0.15, 0.2) is 5.69 Å². The van der Waals surface area contributed by atoms with E-state index < -0.39 is 11.9 Å². The maximum Gasteiger partial charge on any atom is 0.358 e. The second kappa shape index (κ2) is 6.36. The summed E-state index contributed by atoms with van der Waals surface area (Å²) in [5.74, 6) is -1.55. The predicted molar refractivity (Wildman–Crippen MR) is 75.6 cm³/mol. The molecule has 0 spiro atoms. The van der Waals surface area contributed by atoms with Crippen LogP contribution in [-0.4, -0.2) is 34.1 Å². The van der Waals surface area contributed by atoms with E-state index in [9.17, 15) is 9.59 Å². The van der Waals surface area contributed by atoms with E-state index in [-0.39, 0.29) is 11.3 Å². The lowest BCUT2D eigenvalue weighted by Gasteiger charge is -2.05. The van der Waals surface area contributed by atoms with Crippen LogP contribution in [0.25, 0.3) is 0 Å². The molecule has 0 saturated carbocycles. The standard InChI is InChI=1S/C14H12N2O4S/c1-8-3-4-9(5-10(8)13(17)18)21-12-7-15-6-11(16-12)14(19)20-2/h3-7H,1-2H3,(H,17,18). The summed E-state index contributed by atoms with van der Waals surface area (Å²) in [7, 11) is 1.27. The van der Waals surface area contributed by atoms with Crippen LogP contribution in [0, 0.1) is 6.92 Å². The smallest absolute Gasteiger partial charge is 0.358 e. The minimum Gasteiger partial charge on any atom is -0.478 e. The Morgan fingerprint density at radius 1 is 1.29 bits per heavy atom. The number of esters is 1. The van der Waals surface area contributed by atoms with Crippen LogP contribution in [0.3, 0.4) is 0 Å². The second-order valence-corrected chi connectivity index (χ2v) is 5.21. The van der Waals surface area contributed by atoms with Crippen molar-refractivity contribution in [2.24, 2.45) is 0 Å². The van der Waals surface area contributed by atoms with Crippen LogP contribution in [0.1, 0.15) is 26.4 Å². The van der Waals surface area contributed by atoms with Gasteiger partial charge in [0.25, 0.3) is 0 Å². The van der Waals surface area contributed by atoms with Gasteiger partial charge in [-0.25, -0.2) is 14.6 Å². The van der Waals surface area contributed by atoms with Gasteiger partial charge in [-0.3, -0.25) is 4.98 Å². The Morgan fingerprint density at radius 2 is 2.05 bits per heavy atom. The highest BCUT2D eigenvalue weighted by molar-refractivity contribution is 7.99. The molecule has 6 nitrogen and oxygen atoms in total. The number of carboxylic acid groups (broad SMARTS) is 1. The molecule has 0 aliphatic carbocycles. The predicted octanol–water partition coefficient (Wildman–Crippen LogP) is 2.42. The first kappa shape index (κ1) is 15.0. The summed E-state index contributed by atoms with van der Waals surface area (Å²) < 4.78 is 4.58. The van der Waals surface area contributed by atoms with Gasteiger partial charge < -0.3 is 9.84 Å². The van der Waals surface area contributed by atoms with Gasteiger partial charge in [-0.05, 0) is 24.6 Å². The monoisotopic (exact) mass is 304 g/mol. The van der Waals surface area contributed by atoms with Crippen molar-refractivity contribution >= 4 is 23.7 Å². The third-order valence-corrected chi connectivity index (χ3v) is 3.56. The fourth-order valence-electron chi connectivity index (χ4n) is 1.62. The maximum absolute atomic E-state index is 11.4. The van der Waals surface area contributed by atoms with Gasteiger partial charge in [0.1, 0.15) is 5.03 Å². The van der Waals surface area contributed by atoms with Crippen LogP contribution in [0.5, 0.6) is 0 Å². The zero-order valence-electron chi connectivity index (χ0n) is 11.4. The van der Waals surface area contributed by atoms with Crippen molar-refractivity contribution in [2.75, 3.05) is 7.11 Å². The summed E-state index contributed by atoms with van der Waals surface area (Å²) in [5.41, 5.74) is 1.02. The van der Waals surface area contributed by atoms with Gasteiger partial charge in [-0.1, -0.05) is 17.8 Å². The molecule has 1 aromatic heterocycles. The van der Waals surface area contributed by atoms with Crippen LogP contribution in [0.4, 0.5) is 0 Å². The number of carbonyl (C=O) groups excluding carboxylic acids is 1. The molecule has 2 aromatic rings. The third kappa shape index (κ3) is 3.57. The summed E-state index contributed by atoms with van der Waals surface area (Å²) in [6, 6.07) is 5.08. The quantitative estimate of drug-likeness (QED) is 0.867. The van der Waals surface area contributed by atoms with Crippen molar-refractivity contribution in [1.29, 1.82) is 0 Å². The summed E-state index contributed by atoms with van der Waals surface area (Å²) in [6.45, 7) is 1.73. The average Bonchev–Trinajstić information content (AvgIpc) is 2.48. The molecule has 108 valence electrons. The molecule has 7 heteroatoms. The summed E-state index contributed by atoms with van der Waals surface area (Å²) in [4.78, 5) is 31.2. The van der Waals surface area contributed by atoms with Crippen molar-refractivity contribution < 1.29 is 19.4 Å². The van der Waals surface area contributed by atoms with Crippen LogP contribution < -0.4 is 0 Å². The second-order valence-electron chi connectivity index (χ2n) is 4.12. The number of carboxylic acids is 1. The Kier molecular flexibility index (Phi) is 4.54. The molecule has 0 atom stereocenters. The number of aromatic nitrogens is 2. The normalized spacial score (nSPS) is 10.2. The zero-order valence-corrected chi connectivity index (χ0v) is 12.2. The highest BCUT2D eigenvalue weighted by Gasteiger charge is 2.11. The third-order valence-electron chi connectivity index (χ3n) is 2.67. The Bertz CT molecular complexity index is 703. The van der Waals surface area contributed by atoms with Crippen LogP contribution in [0.2, 0.25) is 0 Å². The SMILES string of the molecule is COC(=O)c1cncc(Sc2ccc(C)c(C(=O)O)c2)n1. The molecular formula is C14H12N2O4S. The van der Waals surface area contributed by atoms with Gasteiger partial charge in [0, 0.05) is 4.90 Å². The number of benzene rings is 1. The zero-order chi connectivity index (χ0) is 15.4. The fraction of sp³-hybridized carbons (Fsp3) is 0.143. The minimum atomic E-state index is -0.982. The number of methoxy groups -OCH3 is 1. The number of aryl methyl sites for hydroxylation is 1. The van der Waals surface area contributed by atoms with E-state index in [4.69, 9.17) is 5.11 Å². The number of carbonyl (C=O) groups is 2. The molecule has 1 N–H and O–H groups in total. The molecule has 1 heterocycles. The lowest BCUT2D eigenvalue weighted by Crippen LogP contribution is -2.05. The number of rotatable bonds is 4. The van der Waals surface area contributed by atoms with E-state index in [0.717, 1.165) is 0 Å². The maximum atomic E-state index is 11.4. The van der Waals surface area contributed by atoms with Gasteiger partial charge in [0.2, 0.25) is 0 Å². The Morgan fingerprint density at radius 3 is 2.71 bits per heavy atom. The van der Waals surface area contributed by atoms with E-state index in [0.29, 0.717) is 15.5 Å². The lowest BCUT2D eigenvalue weighted by molar-refractivity contribution is 0.0591. The average molecular weight is 304 g/mol. The topological polar surface area (TPSA) is 89.4 Å². The largest absolute Gasteiger partial charge is 0.478 e. The van der Waals surface area contributed by atoms with Gasteiger partial charge in [-0.2, -0.15) is 0 Å². The van der Waals surface area contributed by atoms with Crippen molar-refractivity contribution in [3.63, 3.8) is 0 Å². The Hall–Kier alpha value is -2.41. The molecule has 21 heavy (non-hydrogen) atoms. The molecule has 0 unspecified atom stereocenters. The summed E-state index contributed by atoms with van der Waals surface area (Å²) >= 11 is 1.23. The molecule has 0 aliphatic rings. The first-order chi connectivity index (χ1) is 10.0. The summed E-state index contributed by atoms with van der Waals surface area (Å²) in [6.07, 6.45) is 2.81. The Balaban J connectivity index is 2.28. The molecule has 0 bridgehead atoms. The van der Waals surface area contributed by atoms with Gasteiger partial charge in [0.05, 0.1) is 25.1 Å². The van der Waals surface area contributed by atoms with Crippen LogP contribution in [0.15, 0.2) is 40.5 Å². The minimum absolute atomic E-state index is 0.105. The van der Waals surface area contributed by atoms with Crippen LogP contribution in [-0.2, 0) is 4.74 Å². The number of hydrogen-bond acceptors (Lipinski definition) is 6. The number of hydrogen-bond donors (Lipinski definition) is 1. The number of nitrogens with zero attached hydrogens (tertiary/aromatic N) is 2. The highest BCUT2D eigenvalue weighted by Crippen LogP contribution is 2.27. The molecule has 2 rings (SSSR count). The van der Waals surface area contributed by atoms with E-state index in [2.05, 4.69) is 14.7 Å². The van der Waals surface area contributed by atoms with Crippen molar-refractivity contribution in [1.82, 2.24) is 9.97 Å². The molecule has 0 fully saturated rings. The van der Waals surface area contributed by atoms with Gasteiger partial charge >= 0.3 is 11.9 Å². The molecule has 0 amide bonds. The molecule has 1 aromatic carbocycles. The Labute approximate surface area is 125 Å². The van der Waals surface area contributed by atoms with E-state index in [1.165, 1.54) is 31.3 Å². The number of ether oxygens (including phenoxy) is 1. The highest BCUT2D eigenvalue weighted by atomic mass is 32.2. The number of aromatic carboxylic acids is 1. The van der Waals surface area contributed by atoms with E-state index in [1.54, 1.807) is 25.1 Å². The van der Waals surface area contributed by atoms with E-state index >= 15 is 0 Å². The lowest BCUT2D eigenvalue weighted by atomic mass is 10.1. The van der Waals surface area contributed by atoms with Crippen molar-refractivity contribution in [3.05, 3.63) is 47.4 Å². The molecule has 0 radical (unpaired) electrons. The summed E-state index contributed by atoms with van der Waals surface area (Å²) in [5, 5.41) is 9.59. The van der Waals surface area contributed by atoms with E-state index in [1.807, 2.05) is 0 Å². The van der Waals surface area contributed by atoms with Crippen molar-refractivity contribution in [2.45, 2.75) is 16.8 Å². The molecule has 0 aliphatic heterocycles. The molecule has 0 saturated heterocycles. The fourth-order valence-corrected chi connectivity index (χ4v) is 2.43. The first-order valence-corrected chi connectivity index (χ1v) is 6.75. The first-order valence-electron chi connectivity index (χ1n) is 5.93. The van der Waals surface area contributed by atoms with Crippen molar-refractivity contribution in [3.8, 4) is 0 Å².